The third-order valence-corrected chi connectivity index (χ3v) is 5.89. The minimum Gasteiger partial charge on any atom is -0.325 e. The number of fused-ring (bicyclic) bond motifs is 1. The number of amides is 1. The van der Waals surface area contributed by atoms with E-state index in [2.05, 4.69) is 46.0 Å². The van der Waals surface area contributed by atoms with Gasteiger partial charge in [-0.2, -0.15) is 4.68 Å². The van der Waals surface area contributed by atoms with E-state index in [9.17, 15) is 4.79 Å². The fourth-order valence-corrected chi connectivity index (χ4v) is 4.03. The minimum atomic E-state index is -0.175. The monoisotopic (exact) mass is 436 g/mol. The van der Waals surface area contributed by atoms with Crippen LogP contribution >= 0.6 is 0 Å². The molecule has 1 N–H and O–H groups in total. The molecule has 0 bridgehead atoms. The lowest BCUT2D eigenvalue weighted by Crippen LogP contribution is -2.37. The molecule has 33 heavy (non-hydrogen) atoms. The average Bonchev–Trinajstić information content (AvgIpc) is 3.33. The van der Waals surface area contributed by atoms with Crippen LogP contribution < -0.4 is 10.2 Å². The number of tetrazole rings is 1. The molecule has 7 heteroatoms. The van der Waals surface area contributed by atoms with Gasteiger partial charge in [-0.15, -0.1) is 0 Å². The molecular formula is C26H24N6O. The zero-order valence-corrected chi connectivity index (χ0v) is 18.5. The second kappa shape index (κ2) is 8.70. The van der Waals surface area contributed by atoms with Gasteiger partial charge in [0.15, 0.2) is 0 Å². The van der Waals surface area contributed by atoms with Crippen molar-refractivity contribution in [2.75, 3.05) is 16.8 Å². The van der Waals surface area contributed by atoms with Gasteiger partial charge in [0.05, 0.1) is 5.70 Å². The Labute approximate surface area is 192 Å². The van der Waals surface area contributed by atoms with Crippen LogP contribution in [-0.4, -0.2) is 32.7 Å². The summed E-state index contributed by atoms with van der Waals surface area (Å²) in [6.45, 7) is 4.16. The van der Waals surface area contributed by atoms with Crippen LogP contribution in [0.15, 0.2) is 84.9 Å². The van der Waals surface area contributed by atoms with E-state index in [0.717, 1.165) is 28.1 Å². The molecule has 1 aliphatic rings. The summed E-state index contributed by atoms with van der Waals surface area (Å²) in [7, 11) is 0. The van der Waals surface area contributed by atoms with Gasteiger partial charge in [0, 0.05) is 5.69 Å². The van der Waals surface area contributed by atoms with Crippen molar-refractivity contribution in [3.8, 4) is 0 Å². The molecule has 3 aromatic carbocycles. The maximum atomic E-state index is 13.1. The topological polar surface area (TPSA) is 75.9 Å². The maximum Gasteiger partial charge on any atom is 0.251 e. The molecule has 1 aromatic heterocycles. The molecule has 1 atom stereocenters. The first-order chi connectivity index (χ1) is 16.1. The molecule has 0 aliphatic carbocycles. The molecule has 0 spiro atoms. The summed E-state index contributed by atoms with van der Waals surface area (Å²) < 4.78 is 1.76. The van der Waals surface area contributed by atoms with Gasteiger partial charge in [-0.1, -0.05) is 71.8 Å². The minimum absolute atomic E-state index is 0.0789. The smallest absolute Gasteiger partial charge is 0.251 e. The predicted octanol–water partition coefficient (Wildman–Crippen LogP) is 4.38. The fourth-order valence-electron chi connectivity index (χ4n) is 4.03. The molecule has 0 radical (unpaired) electrons. The molecular weight excluding hydrogens is 412 g/mol. The van der Waals surface area contributed by atoms with Crippen molar-refractivity contribution in [1.29, 1.82) is 0 Å². The number of nitrogens with one attached hydrogen (secondary N) is 1. The molecule has 0 fully saturated rings. The van der Waals surface area contributed by atoms with E-state index >= 15 is 0 Å². The summed E-state index contributed by atoms with van der Waals surface area (Å²) in [5.41, 5.74) is 6.04. The molecule has 164 valence electrons. The first-order valence-electron chi connectivity index (χ1n) is 10.8. The number of rotatable bonds is 5. The van der Waals surface area contributed by atoms with Crippen LogP contribution in [-0.2, 0) is 4.79 Å². The number of aromatic nitrogens is 4. The van der Waals surface area contributed by atoms with E-state index < -0.39 is 0 Å². The van der Waals surface area contributed by atoms with Crippen LogP contribution in [0.5, 0.6) is 0 Å². The number of allylic oxidation sites excluding steroid dienone is 1. The Morgan fingerprint density at radius 2 is 1.67 bits per heavy atom. The summed E-state index contributed by atoms with van der Waals surface area (Å²) in [4.78, 5) is 14.9. The highest BCUT2D eigenvalue weighted by Crippen LogP contribution is 2.36. The summed E-state index contributed by atoms with van der Waals surface area (Å²) in [6.07, 6.45) is 2.11. The van der Waals surface area contributed by atoms with E-state index in [1.54, 1.807) is 4.68 Å². The lowest BCUT2D eigenvalue weighted by Gasteiger charge is -2.32. The number of carbonyl (C=O) groups is 1. The third kappa shape index (κ3) is 4.13. The molecule has 5 rings (SSSR count). The highest BCUT2D eigenvalue weighted by molar-refractivity contribution is 5.97. The summed E-state index contributed by atoms with van der Waals surface area (Å²) in [5, 5.41) is 15.5. The van der Waals surface area contributed by atoms with Crippen molar-refractivity contribution in [2.24, 2.45) is 0 Å². The Bertz CT molecular complexity index is 1310. The van der Waals surface area contributed by atoms with Crippen molar-refractivity contribution in [3.05, 3.63) is 107 Å². The summed E-state index contributed by atoms with van der Waals surface area (Å²) >= 11 is 0. The highest BCUT2D eigenvalue weighted by atomic mass is 16.2. The SMILES string of the molecule is Cc1ccc(NC(=O)CN2C(c3ccccc3)=CC(c3ccccc3)n3nnnc32)cc1C. The van der Waals surface area contributed by atoms with Crippen LogP contribution in [0, 0.1) is 13.8 Å². The molecule has 0 saturated heterocycles. The Morgan fingerprint density at radius 3 is 2.39 bits per heavy atom. The van der Waals surface area contributed by atoms with Gasteiger partial charge in [-0.25, -0.2) is 0 Å². The van der Waals surface area contributed by atoms with Crippen LogP contribution in [0.25, 0.3) is 5.70 Å². The van der Waals surface area contributed by atoms with E-state index in [1.165, 1.54) is 5.56 Å². The lowest BCUT2D eigenvalue weighted by atomic mass is 10.0. The zero-order valence-electron chi connectivity index (χ0n) is 18.5. The van der Waals surface area contributed by atoms with Crippen molar-refractivity contribution in [2.45, 2.75) is 19.9 Å². The van der Waals surface area contributed by atoms with Gasteiger partial charge in [0.25, 0.3) is 5.95 Å². The largest absolute Gasteiger partial charge is 0.325 e. The molecule has 0 saturated carbocycles. The quantitative estimate of drug-likeness (QED) is 0.503. The number of hydrogen-bond acceptors (Lipinski definition) is 5. The zero-order chi connectivity index (χ0) is 22.8. The van der Waals surface area contributed by atoms with Gasteiger partial charge in [0.1, 0.15) is 12.6 Å². The number of benzene rings is 3. The number of nitrogens with zero attached hydrogens (tertiary/aromatic N) is 5. The third-order valence-electron chi connectivity index (χ3n) is 5.89. The van der Waals surface area contributed by atoms with E-state index in [4.69, 9.17) is 0 Å². The molecule has 4 aromatic rings. The van der Waals surface area contributed by atoms with E-state index in [-0.39, 0.29) is 18.5 Å². The molecule has 1 aliphatic heterocycles. The number of hydrogen-bond donors (Lipinski definition) is 1. The van der Waals surface area contributed by atoms with Crippen LogP contribution in [0.3, 0.4) is 0 Å². The Morgan fingerprint density at radius 1 is 0.939 bits per heavy atom. The number of anilines is 2. The van der Waals surface area contributed by atoms with Crippen molar-refractivity contribution >= 4 is 23.2 Å². The second-order valence-corrected chi connectivity index (χ2v) is 8.13. The average molecular weight is 437 g/mol. The molecule has 1 amide bonds. The standard InChI is InChI=1S/C26H24N6O/c1-18-13-14-22(15-19(18)2)27-25(33)17-31-23(20-9-5-3-6-10-20)16-24(21-11-7-4-8-12-21)32-26(31)28-29-30-32/h3-16,24H,17H2,1-2H3,(H,27,33). The number of aryl methyl sites for hydroxylation is 2. The van der Waals surface area contributed by atoms with Gasteiger partial charge in [-0.05, 0) is 64.7 Å². The first-order valence-corrected chi connectivity index (χ1v) is 10.8. The molecule has 1 unspecified atom stereocenters. The van der Waals surface area contributed by atoms with E-state index in [1.807, 2.05) is 78.6 Å². The van der Waals surface area contributed by atoms with Crippen LogP contribution in [0.4, 0.5) is 11.6 Å². The van der Waals surface area contributed by atoms with Gasteiger partial charge in [-0.3, -0.25) is 9.69 Å². The van der Waals surface area contributed by atoms with Gasteiger partial charge >= 0.3 is 0 Å². The van der Waals surface area contributed by atoms with Gasteiger partial charge in [0.2, 0.25) is 5.91 Å². The number of carbonyl (C=O) groups excluding carboxylic acids is 1. The van der Waals surface area contributed by atoms with Crippen LogP contribution in [0.1, 0.15) is 28.3 Å². The van der Waals surface area contributed by atoms with Crippen molar-refractivity contribution in [3.63, 3.8) is 0 Å². The summed E-state index contributed by atoms with van der Waals surface area (Å²) in [6, 6.07) is 25.8. The Hall–Kier alpha value is -4.26. The fraction of sp³-hybridized carbons (Fsp3) is 0.154. The summed E-state index contributed by atoms with van der Waals surface area (Å²) in [5.74, 6) is 0.383. The van der Waals surface area contributed by atoms with Crippen molar-refractivity contribution < 1.29 is 4.79 Å². The Balaban J connectivity index is 1.51. The van der Waals surface area contributed by atoms with Gasteiger partial charge < -0.3 is 5.32 Å². The predicted molar refractivity (Wildman–Crippen MR) is 129 cm³/mol. The highest BCUT2D eigenvalue weighted by Gasteiger charge is 2.31. The normalized spacial score (nSPS) is 15.0. The lowest BCUT2D eigenvalue weighted by molar-refractivity contribution is -0.114. The second-order valence-electron chi connectivity index (χ2n) is 8.13. The first kappa shape index (κ1) is 20.6. The Kier molecular flexibility index (Phi) is 5.44. The molecule has 2 heterocycles. The van der Waals surface area contributed by atoms with Crippen LogP contribution in [0.2, 0.25) is 0 Å². The molecule has 7 nitrogen and oxygen atoms in total. The van der Waals surface area contributed by atoms with Crippen molar-refractivity contribution in [1.82, 2.24) is 20.2 Å². The maximum absolute atomic E-state index is 13.1. The van der Waals surface area contributed by atoms with E-state index in [0.29, 0.717) is 5.95 Å².